The highest BCUT2D eigenvalue weighted by Crippen LogP contribution is 2.40. The van der Waals surface area contributed by atoms with Crippen LogP contribution in [0.3, 0.4) is 0 Å². The first kappa shape index (κ1) is 13.1. The van der Waals surface area contributed by atoms with Crippen LogP contribution in [0.4, 0.5) is 11.6 Å². The van der Waals surface area contributed by atoms with Gasteiger partial charge in [-0.15, -0.1) is 11.3 Å². The van der Waals surface area contributed by atoms with Crippen LogP contribution in [0.5, 0.6) is 0 Å². The van der Waals surface area contributed by atoms with Crippen molar-refractivity contribution in [1.82, 2.24) is 9.97 Å². The van der Waals surface area contributed by atoms with Gasteiger partial charge in [-0.2, -0.15) is 0 Å². The Balaban J connectivity index is 1.71. The summed E-state index contributed by atoms with van der Waals surface area (Å²) in [5.41, 5.74) is 1.46. The number of thiophene rings is 1. The molecule has 1 N–H and O–H groups in total. The largest absolute Gasteiger partial charge is 0.373 e. The summed E-state index contributed by atoms with van der Waals surface area (Å²) >= 11 is 1.88. The van der Waals surface area contributed by atoms with E-state index in [2.05, 4.69) is 39.6 Å². The van der Waals surface area contributed by atoms with E-state index in [0.717, 1.165) is 30.4 Å². The number of rotatable bonds is 3. The first-order chi connectivity index (χ1) is 10.3. The minimum absolute atomic E-state index is 0.395. The molecule has 0 spiro atoms. The van der Waals surface area contributed by atoms with Gasteiger partial charge in [-0.05, 0) is 43.2 Å². The van der Waals surface area contributed by atoms with Crippen molar-refractivity contribution >= 4 is 23.0 Å². The van der Waals surface area contributed by atoms with Crippen LogP contribution in [0, 0.1) is 0 Å². The molecule has 1 fully saturated rings. The predicted molar refractivity (Wildman–Crippen MR) is 87.3 cm³/mol. The van der Waals surface area contributed by atoms with Gasteiger partial charge >= 0.3 is 0 Å². The summed E-state index contributed by atoms with van der Waals surface area (Å²) in [5.74, 6) is 3.60. The first-order valence-corrected chi connectivity index (χ1v) is 8.54. The quantitative estimate of drug-likeness (QED) is 0.940. The molecule has 2 aromatic heterocycles. The van der Waals surface area contributed by atoms with Crippen molar-refractivity contribution in [3.05, 3.63) is 33.8 Å². The minimum atomic E-state index is 0.395. The number of fused-ring (bicyclic) bond motifs is 1. The number of anilines is 2. The number of aromatic nitrogens is 2. The highest BCUT2D eigenvalue weighted by Gasteiger charge is 2.30. The molecule has 4 rings (SSSR count). The monoisotopic (exact) mass is 300 g/mol. The van der Waals surface area contributed by atoms with E-state index in [1.165, 1.54) is 23.3 Å². The molecule has 4 nitrogen and oxygen atoms in total. The van der Waals surface area contributed by atoms with Crippen LogP contribution in [0.15, 0.2) is 17.5 Å². The zero-order chi connectivity index (χ0) is 14.4. The summed E-state index contributed by atoms with van der Waals surface area (Å²) < 4.78 is 0. The topological polar surface area (TPSA) is 41.0 Å². The molecule has 0 saturated heterocycles. The van der Waals surface area contributed by atoms with Crippen LogP contribution < -0.4 is 10.2 Å². The summed E-state index contributed by atoms with van der Waals surface area (Å²) in [4.78, 5) is 13.4. The Kier molecular flexibility index (Phi) is 3.10. The third-order valence-electron chi connectivity index (χ3n) is 4.50. The van der Waals surface area contributed by atoms with Crippen molar-refractivity contribution in [2.45, 2.75) is 38.1 Å². The Labute approximate surface area is 129 Å². The lowest BCUT2D eigenvalue weighted by atomic mass is 10.0. The van der Waals surface area contributed by atoms with E-state index >= 15 is 0 Å². The van der Waals surface area contributed by atoms with Gasteiger partial charge in [0.25, 0.3) is 0 Å². The van der Waals surface area contributed by atoms with E-state index < -0.39 is 0 Å². The summed E-state index contributed by atoms with van der Waals surface area (Å²) in [7, 11) is 1.93. The van der Waals surface area contributed by atoms with E-state index in [1.807, 2.05) is 18.4 Å². The Hall–Kier alpha value is -1.62. The van der Waals surface area contributed by atoms with Gasteiger partial charge in [-0.3, -0.25) is 0 Å². The molecule has 2 aromatic rings. The Morgan fingerprint density at radius 1 is 1.33 bits per heavy atom. The van der Waals surface area contributed by atoms with Crippen LogP contribution in [-0.4, -0.2) is 23.6 Å². The van der Waals surface area contributed by atoms with Gasteiger partial charge in [0.1, 0.15) is 17.5 Å². The molecule has 21 heavy (non-hydrogen) atoms. The average Bonchev–Trinajstić information content (AvgIpc) is 3.25. The van der Waals surface area contributed by atoms with Gasteiger partial charge < -0.3 is 10.2 Å². The molecule has 1 unspecified atom stereocenters. The number of hydrogen-bond donors (Lipinski definition) is 1. The number of hydrogen-bond acceptors (Lipinski definition) is 5. The van der Waals surface area contributed by atoms with Gasteiger partial charge in [-0.1, -0.05) is 0 Å². The summed E-state index contributed by atoms with van der Waals surface area (Å²) in [6, 6.07) is 4.74. The van der Waals surface area contributed by atoms with Crippen LogP contribution in [0.2, 0.25) is 0 Å². The highest BCUT2D eigenvalue weighted by molar-refractivity contribution is 7.10. The van der Waals surface area contributed by atoms with Crippen molar-refractivity contribution in [3.8, 4) is 0 Å². The predicted octanol–water partition coefficient (Wildman–Crippen LogP) is 3.58. The molecule has 1 saturated carbocycles. The molecule has 0 bridgehead atoms. The van der Waals surface area contributed by atoms with Gasteiger partial charge in [0.2, 0.25) is 0 Å². The maximum absolute atomic E-state index is 4.85. The fourth-order valence-electron chi connectivity index (χ4n) is 3.07. The lowest BCUT2D eigenvalue weighted by molar-refractivity contribution is 0.622. The maximum Gasteiger partial charge on any atom is 0.136 e. The Morgan fingerprint density at radius 2 is 2.19 bits per heavy atom. The molecule has 1 atom stereocenters. The fourth-order valence-corrected chi connectivity index (χ4v) is 4.04. The molecule has 5 heteroatoms. The van der Waals surface area contributed by atoms with E-state index in [-0.39, 0.29) is 0 Å². The average molecular weight is 300 g/mol. The second-order valence-corrected chi connectivity index (χ2v) is 6.91. The zero-order valence-corrected chi connectivity index (χ0v) is 13.3. The van der Waals surface area contributed by atoms with E-state index in [0.29, 0.717) is 12.0 Å². The van der Waals surface area contributed by atoms with E-state index in [1.54, 1.807) is 0 Å². The molecule has 110 valence electrons. The number of nitrogens with one attached hydrogen (secondary N) is 1. The summed E-state index contributed by atoms with van der Waals surface area (Å²) in [6.07, 6.45) is 3.59. The molecule has 3 heterocycles. The van der Waals surface area contributed by atoms with E-state index in [9.17, 15) is 0 Å². The Morgan fingerprint density at radius 3 is 2.95 bits per heavy atom. The maximum atomic E-state index is 4.85. The number of nitrogens with zero attached hydrogens (tertiary/aromatic N) is 3. The molecule has 0 radical (unpaired) electrons. The SMILES string of the molecule is CNc1cc(N2CCc3sccc3C2C)nc(C2CC2)n1. The van der Waals surface area contributed by atoms with Crippen molar-refractivity contribution < 1.29 is 0 Å². The normalized spacial score (nSPS) is 21.2. The zero-order valence-electron chi connectivity index (χ0n) is 12.5. The first-order valence-electron chi connectivity index (χ1n) is 7.66. The standard InChI is InChI=1S/C16H20N4S/c1-10-12-6-8-21-13(12)5-7-20(10)15-9-14(17-2)18-16(19-15)11-3-4-11/h6,8-11H,3-5,7H2,1-2H3,(H,17,18,19). The van der Waals surface area contributed by atoms with Crippen LogP contribution in [0.1, 0.15) is 48.0 Å². The molecule has 2 aliphatic rings. The lowest BCUT2D eigenvalue weighted by Gasteiger charge is -2.34. The molecule has 1 aliphatic heterocycles. The van der Waals surface area contributed by atoms with Crippen molar-refractivity contribution in [1.29, 1.82) is 0 Å². The highest BCUT2D eigenvalue weighted by atomic mass is 32.1. The molecular formula is C16H20N4S. The Bertz CT molecular complexity index is 662. The van der Waals surface area contributed by atoms with Crippen LogP contribution >= 0.6 is 11.3 Å². The molecule has 1 aliphatic carbocycles. The van der Waals surface area contributed by atoms with Gasteiger partial charge in [0, 0.05) is 30.5 Å². The van der Waals surface area contributed by atoms with Crippen molar-refractivity contribution in [2.75, 3.05) is 23.8 Å². The third-order valence-corrected chi connectivity index (χ3v) is 5.50. The smallest absolute Gasteiger partial charge is 0.136 e. The lowest BCUT2D eigenvalue weighted by Crippen LogP contribution is -2.34. The minimum Gasteiger partial charge on any atom is -0.373 e. The van der Waals surface area contributed by atoms with Gasteiger partial charge in [-0.25, -0.2) is 9.97 Å². The second kappa shape index (κ2) is 4.98. The second-order valence-electron chi connectivity index (χ2n) is 5.91. The molecular weight excluding hydrogens is 280 g/mol. The van der Waals surface area contributed by atoms with Crippen molar-refractivity contribution in [3.63, 3.8) is 0 Å². The van der Waals surface area contributed by atoms with Crippen molar-refractivity contribution in [2.24, 2.45) is 0 Å². The van der Waals surface area contributed by atoms with E-state index in [4.69, 9.17) is 4.98 Å². The van der Waals surface area contributed by atoms with Crippen LogP contribution in [-0.2, 0) is 6.42 Å². The third kappa shape index (κ3) is 2.29. The summed E-state index contributed by atoms with van der Waals surface area (Å²) in [5, 5.41) is 5.39. The summed E-state index contributed by atoms with van der Waals surface area (Å²) in [6.45, 7) is 3.32. The molecule has 0 aromatic carbocycles. The molecule has 0 amide bonds. The van der Waals surface area contributed by atoms with Gasteiger partial charge in [0.05, 0.1) is 6.04 Å². The van der Waals surface area contributed by atoms with Crippen LogP contribution in [0.25, 0.3) is 0 Å². The van der Waals surface area contributed by atoms with Gasteiger partial charge in [0.15, 0.2) is 0 Å². The fraction of sp³-hybridized carbons (Fsp3) is 0.500.